The maximum absolute atomic E-state index is 12.8. The van der Waals surface area contributed by atoms with E-state index in [9.17, 15) is 4.39 Å². The summed E-state index contributed by atoms with van der Waals surface area (Å²) in [5.41, 5.74) is 4.17. The lowest BCUT2D eigenvalue weighted by Gasteiger charge is -2.04. The quantitative estimate of drug-likeness (QED) is 0.681. The highest BCUT2D eigenvalue weighted by molar-refractivity contribution is 5.76. The lowest BCUT2D eigenvalue weighted by atomic mass is 10.0. The third-order valence-corrected chi connectivity index (χ3v) is 2.68. The van der Waals surface area contributed by atoms with Crippen LogP contribution in [0.25, 0.3) is 17.2 Å². The van der Waals surface area contributed by atoms with E-state index in [4.69, 9.17) is 0 Å². The predicted molar refractivity (Wildman–Crippen MR) is 62.7 cm³/mol. The highest BCUT2D eigenvalue weighted by atomic mass is 19.1. The molecule has 1 aliphatic heterocycles. The van der Waals surface area contributed by atoms with Crippen LogP contribution in [-0.4, -0.2) is 0 Å². The summed E-state index contributed by atoms with van der Waals surface area (Å²) in [4.78, 5) is 0. The van der Waals surface area contributed by atoms with Gasteiger partial charge in [-0.2, -0.15) is 0 Å². The first-order valence-corrected chi connectivity index (χ1v) is 5.10. The normalized spacial score (nSPS) is 12.3. The number of hydrogen-bond acceptors (Lipinski definition) is 0. The van der Waals surface area contributed by atoms with Gasteiger partial charge in [-0.1, -0.05) is 24.3 Å². The van der Waals surface area contributed by atoms with Crippen LogP contribution >= 0.6 is 0 Å². The van der Waals surface area contributed by atoms with Crippen molar-refractivity contribution in [3.8, 4) is 11.1 Å². The second kappa shape index (κ2) is 3.49. The van der Waals surface area contributed by atoms with Crippen LogP contribution in [0.2, 0.25) is 0 Å². The van der Waals surface area contributed by atoms with Gasteiger partial charge in [0.2, 0.25) is 0 Å². The average Bonchev–Trinajstić information content (AvgIpc) is 2.77. The van der Waals surface area contributed by atoms with Crippen LogP contribution in [0.1, 0.15) is 5.56 Å². The number of benzene rings is 2. The Balaban J connectivity index is 2.05. The molecule has 0 saturated carbocycles. The maximum atomic E-state index is 12.8. The van der Waals surface area contributed by atoms with E-state index in [-0.39, 0.29) is 5.82 Å². The number of hydrogen-bond donors (Lipinski definition) is 0. The van der Waals surface area contributed by atoms with E-state index in [0.29, 0.717) is 0 Å². The molecular formula is C14H9FN. The Labute approximate surface area is 93.2 Å². The molecule has 1 nitrogen and oxygen atoms in total. The van der Waals surface area contributed by atoms with Crippen molar-refractivity contribution in [2.45, 2.75) is 0 Å². The number of fused-ring (bicyclic) bond motifs is 1. The Bertz CT molecular complexity index is 555. The fraction of sp³-hybridized carbons (Fsp3) is 0. The highest BCUT2D eigenvalue weighted by Gasteiger charge is 2.07. The fourth-order valence-corrected chi connectivity index (χ4v) is 1.82. The summed E-state index contributed by atoms with van der Waals surface area (Å²) in [6.07, 6.45) is 3.77. The molecule has 1 aliphatic rings. The number of nitrogens with zero attached hydrogens (tertiary/aromatic N) is 1. The summed E-state index contributed by atoms with van der Waals surface area (Å²) < 4.78 is 12.8. The van der Waals surface area contributed by atoms with Gasteiger partial charge in [0.05, 0.1) is 5.69 Å². The minimum absolute atomic E-state index is 0.212. The molecule has 0 fully saturated rings. The van der Waals surface area contributed by atoms with Crippen molar-refractivity contribution >= 4 is 11.8 Å². The Morgan fingerprint density at radius 2 is 1.62 bits per heavy atom. The van der Waals surface area contributed by atoms with Crippen molar-refractivity contribution < 1.29 is 4.39 Å². The number of rotatable bonds is 1. The molecule has 0 amide bonds. The van der Waals surface area contributed by atoms with Gasteiger partial charge >= 0.3 is 0 Å². The van der Waals surface area contributed by atoms with Crippen molar-refractivity contribution in [1.29, 1.82) is 0 Å². The fourth-order valence-electron chi connectivity index (χ4n) is 1.82. The van der Waals surface area contributed by atoms with E-state index < -0.39 is 0 Å². The SMILES string of the molecule is Fc1ccc(-c2ccc3c(c2)[N]C=C3)cc1. The van der Waals surface area contributed by atoms with E-state index >= 15 is 0 Å². The molecule has 0 N–H and O–H groups in total. The van der Waals surface area contributed by atoms with E-state index in [0.717, 1.165) is 22.4 Å². The van der Waals surface area contributed by atoms with Crippen molar-refractivity contribution in [1.82, 2.24) is 5.32 Å². The van der Waals surface area contributed by atoms with E-state index in [1.807, 2.05) is 24.3 Å². The molecule has 0 unspecified atom stereocenters. The van der Waals surface area contributed by atoms with Crippen LogP contribution in [0.15, 0.2) is 48.7 Å². The van der Waals surface area contributed by atoms with Crippen molar-refractivity contribution in [3.63, 3.8) is 0 Å². The minimum Gasteiger partial charge on any atom is -0.256 e. The van der Waals surface area contributed by atoms with Crippen LogP contribution in [0.4, 0.5) is 10.1 Å². The molecule has 1 heterocycles. The molecule has 2 heteroatoms. The van der Waals surface area contributed by atoms with Crippen LogP contribution in [0, 0.1) is 5.82 Å². The van der Waals surface area contributed by atoms with Gasteiger partial charge in [0.15, 0.2) is 0 Å². The lowest BCUT2D eigenvalue weighted by molar-refractivity contribution is 0.628. The zero-order valence-electron chi connectivity index (χ0n) is 8.52. The summed E-state index contributed by atoms with van der Waals surface area (Å²) in [6.45, 7) is 0. The molecule has 0 atom stereocenters. The molecule has 2 aromatic carbocycles. The molecule has 2 aromatic rings. The third kappa shape index (κ3) is 1.48. The monoisotopic (exact) mass is 210 g/mol. The molecule has 0 bridgehead atoms. The van der Waals surface area contributed by atoms with Gasteiger partial charge in [-0.3, -0.25) is 5.32 Å². The Kier molecular flexibility index (Phi) is 2.00. The Morgan fingerprint density at radius 1 is 0.875 bits per heavy atom. The standard InChI is InChI=1S/C14H9FN/c15-13-5-3-10(4-6-13)12-2-1-11-7-8-16-14(11)9-12/h1-9H. The summed E-state index contributed by atoms with van der Waals surface area (Å²) in [6, 6.07) is 12.6. The van der Waals surface area contributed by atoms with Crippen LogP contribution in [-0.2, 0) is 0 Å². The van der Waals surface area contributed by atoms with Gasteiger partial charge in [-0.25, -0.2) is 4.39 Å². The van der Waals surface area contributed by atoms with Crippen LogP contribution in [0.5, 0.6) is 0 Å². The first-order valence-electron chi connectivity index (χ1n) is 5.10. The molecule has 0 spiro atoms. The molecule has 16 heavy (non-hydrogen) atoms. The first-order chi connectivity index (χ1) is 7.83. The Morgan fingerprint density at radius 3 is 2.44 bits per heavy atom. The summed E-state index contributed by atoms with van der Waals surface area (Å²) in [5, 5.41) is 4.25. The predicted octanol–water partition coefficient (Wildman–Crippen LogP) is 3.71. The zero-order chi connectivity index (χ0) is 11.0. The minimum atomic E-state index is -0.212. The van der Waals surface area contributed by atoms with Crippen molar-refractivity contribution in [2.75, 3.05) is 0 Å². The summed E-state index contributed by atoms with van der Waals surface area (Å²) in [7, 11) is 0. The maximum Gasteiger partial charge on any atom is 0.123 e. The molecule has 0 aliphatic carbocycles. The summed E-state index contributed by atoms with van der Waals surface area (Å²) in [5.74, 6) is -0.212. The summed E-state index contributed by atoms with van der Waals surface area (Å²) >= 11 is 0. The van der Waals surface area contributed by atoms with Crippen molar-refractivity contribution in [3.05, 3.63) is 60.0 Å². The van der Waals surface area contributed by atoms with E-state index in [2.05, 4.69) is 5.32 Å². The van der Waals surface area contributed by atoms with Gasteiger partial charge in [-0.15, -0.1) is 0 Å². The van der Waals surface area contributed by atoms with Gasteiger partial charge in [-0.05, 0) is 35.4 Å². The Hall–Kier alpha value is -2.09. The van der Waals surface area contributed by atoms with Crippen LogP contribution in [0.3, 0.4) is 0 Å². The molecule has 1 radical (unpaired) electrons. The molecule has 0 saturated heterocycles. The molecule has 3 rings (SSSR count). The highest BCUT2D eigenvalue weighted by Crippen LogP contribution is 2.29. The first kappa shape index (κ1) is 9.16. The smallest absolute Gasteiger partial charge is 0.123 e. The average molecular weight is 210 g/mol. The number of halogens is 1. The largest absolute Gasteiger partial charge is 0.256 e. The van der Waals surface area contributed by atoms with Gasteiger partial charge in [0, 0.05) is 11.8 Å². The van der Waals surface area contributed by atoms with E-state index in [1.54, 1.807) is 18.3 Å². The van der Waals surface area contributed by atoms with Gasteiger partial charge in [0.25, 0.3) is 0 Å². The van der Waals surface area contributed by atoms with Crippen molar-refractivity contribution in [2.24, 2.45) is 0 Å². The lowest BCUT2D eigenvalue weighted by Crippen LogP contribution is -1.84. The topological polar surface area (TPSA) is 14.1 Å². The molecular weight excluding hydrogens is 201 g/mol. The second-order valence-electron chi connectivity index (χ2n) is 3.73. The third-order valence-electron chi connectivity index (χ3n) is 2.68. The van der Waals surface area contributed by atoms with E-state index in [1.165, 1.54) is 12.1 Å². The van der Waals surface area contributed by atoms with Crippen LogP contribution < -0.4 is 5.32 Å². The molecule has 77 valence electrons. The van der Waals surface area contributed by atoms with Gasteiger partial charge in [0.1, 0.15) is 5.82 Å². The molecule has 0 aromatic heterocycles. The zero-order valence-corrected chi connectivity index (χ0v) is 8.52. The van der Waals surface area contributed by atoms with Gasteiger partial charge < -0.3 is 0 Å². The second-order valence-corrected chi connectivity index (χ2v) is 3.73.